The average Bonchev–Trinajstić information content (AvgIpc) is 2.90. The third-order valence-electron chi connectivity index (χ3n) is 4.39. The minimum absolute atomic E-state index is 0.584. The fourth-order valence-corrected chi connectivity index (χ4v) is 3.18. The standard InChI is InChI=1S/C19H24N2O/c1-3-5-18-16(4-2)17-7-6-14(12-19(17)21-18)13-20-15-8-10-22-11-9-15/h6-7,12,15,20-21H,4,8-11,13H2,1-2H3. The summed E-state index contributed by atoms with van der Waals surface area (Å²) in [5.74, 6) is 6.18. The van der Waals surface area contributed by atoms with Crippen LogP contribution in [0, 0.1) is 11.8 Å². The number of hydrogen-bond acceptors (Lipinski definition) is 2. The van der Waals surface area contributed by atoms with E-state index in [0.717, 1.165) is 44.7 Å². The monoisotopic (exact) mass is 296 g/mol. The molecule has 1 aromatic carbocycles. The number of rotatable bonds is 4. The minimum atomic E-state index is 0.584. The average molecular weight is 296 g/mol. The predicted octanol–water partition coefficient (Wildman–Crippen LogP) is 3.37. The zero-order valence-corrected chi connectivity index (χ0v) is 13.5. The molecule has 2 N–H and O–H groups in total. The highest BCUT2D eigenvalue weighted by Gasteiger charge is 2.13. The molecule has 0 amide bonds. The normalized spacial score (nSPS) is 15.7. The van der Waals surface area contributed by atoms with Crippen LogP contribution >= 0.6 is 0 Å². The molecule has 2 aromatic rings. The number of aromatic nitrogens is 1. The number of aryl methyl sites for hydroxylation is 1. The number of benzene rings is 1. The highest BCUT2D eigenvalue weighted by atomic mass is 16.5. The third-order valence-corrected chi connectivity index (χ3v) is 4.39. The maximum absolute atomic E-state index is 5.40. The Labute approximate surface area is 132 Å². The molecule has 3 rings (SSSR count). The molecule has 0 unspecified atom stereocenters. The van der Waals surface area contributed by atoms with Crippen molar-refractivity contribution in [2.45, 2.75) is 45.7 Å². The van der Waals surface area contributed by atoms with Gasteiger partial charge in [-0.05, 0) is 49.3 Å². The van der Waals surface area contributed by atoms with E-state index in [1.807, 2.05) is 6.92 Å². The summed E-state index contributed by atoms with van der Waals surface area (Å²) in [5.41, 5.74) is 4.91. The van der Waals surface area contributed by atoms with Gasteiger partial charge in [0.05, 0.1) is 5.69 Å². The van der Waals surface area contributed by atoms with Crippen LogP contribution in [0.3, 0.4) is 0 Å². The SMILES string of the molecule is CC#Cc1[nH]c2cc(CNC3CCOCC3)ccc2c1CC. The second-order valence-electron chi connectivity index (χ2n) is 5.85. The zero-order valence-electron chi connectivity index (χ0n) is 13.5. The van der Waals surface area contributed by atoms with Crippen LogP contribution in [0.4, 0.5) is 0 Å². The number of fused-ring (bicyclic) bond motifs is 1. The number of nitrogens with one attached hydrogen (secondary N) is 2. The van der Waals surface area contributed by atoms with Crippen LogP contribution in [0.25, 0.3) is 10.9 Å². The lowest BCUT2D eigenvalue weighted by Crippen LogP contribution is -2.34. The molecule has 0 bridgehead atoms. The summed E-state index contributed by atoms with van der Waals surface area (Å²) >= 11 is 0. The first kappa shape index (κ1) is 15.1. The molecular formula is C19H24N2O. The molecule has 0 atom stereocenters. The first-order chi connectivity index (χ1) is 10.8. The van der Waals surface area contributed by atoms with Gasteiger partial charge in [-0.1, -0.05) is 25.0 Å². The van der Waals surface area contributed by atoms with Gasteiger partial charge in [-0.25, -0.2) is 0 Å². The Morgan fingerprint density at radius 3 is 2.86 bits per heavy atom. The Kier molecular flexibility index (Phi) is 4.82. The molecule has 2 heterocycles. The molecule has 1 fully saturated rings. The molecule has 3 heteroatoms. The van der Waals surface area contributed by atoms with E-state index >= 15 is 0 Å². The van der Waals surface area contributed by atoms with Gasteiger partial charge in [-0.2, -0.15) is 0 Å². The highest BCUT2D eigenvalue weighted by molar-refractivity contribution is 5.86. The summed E-state index contributed by atoms with van der Waals surface area (Å²) in [4.78, 5) is 3.47. The van der Waals surface area contributed by atoms with Crippen LogP contribution in [0.1, 0.15) is 43.5 Å². The van der Waals surface area contributed by atoms with Gasteiger partial charge >= 0.3 is 0 Å². The lowest BCUT2D eigenvalue weighted by Gasteiger charge is -2.23. The van der Waals surface area contributed by atoms with Crippen molar-refractivity contribution in [2.24, 2.45) is 0 Å². The molecule has 0 spiro atoms. The third kappa shape index (κ3) is 3.19. The van der Waals surface area contributed by atoms with Crippen LogP contribution < -0.4 is 5.32 Å². The number of aromatic amines is 1. The summed E-state index contributed by atoms with van der Waals surface area (Å²) in [6.45, 7) is 6.74. The van der Waals surface area contributed by atoms with E-state index in [9.17, 15) is 0 Å². The van der Waals surface area contributed by atoms with Crippen molar-refractivity contribution in [3.8, 4) is 11.8 Å². The van der Waals surface area contributed by atoms with E-state index in [2.05, 4.69) is 47.3 Å². The molecule has 0 radical (unpaired) electrons. The maximum Gasteiger partial charge on any atom is 0.0936 e. The van der Waals surface area contributed by atoms with Crippen molar-refractivity contribution >= 4 is 10.9 Å². The smallest absolute Gasteiger partial charge is 0.0936 e. The largest absolute Gasteiger partial charge is 0.381 e. The second-order valence-corrected chi connectivity index (χ2v) is 5.85. The summed E-state index contributed by atoms with van der Waals surface area (Å²) in [5, 5.41) is 4.94. The van der Waals surface area contributed by atoms with Crippen molar-refractivity contribution in [1.82, 2.24) is 10.3 Å². The van der Waals surface area contributed by atoms with Gasteiger partial charge in [-0.3, -0.25) is 0 Å². The molecule has 3 nitrogen and oxygen atoms in total. The topological polar surface area (TPSA) is 37.0 Å². The molecular weight excluding hydrogens is 272 g/mol. The first-order valence-electron chi connectivity index (χ1n) is 8.19. The van der Waals surface area contributed by atoms with Gasteiger partial charge in [0.25, 0.3) is 0 Å². The highest BCUT2D eigenvalue weighted by Crippen LogP contribution is 2.24. The van der Waals surface area contributed by atoms with Crippen LogP contribution in [0.5, 0.6) is 0 Å². The quantitative estimate of drug-likeness (QED) is 0.849. The lowest BCUT2D eigenvalue weighted by molar-refractivity contribution is 0.0776. The van der Waals surface area contributed by atoms with Gasteiger partial charge in [0.15, 0.2) is 0 Å². The second kappa shape index (κ2) is 7.00. The van der Waals surface area contributed by atoms with Crippen molar-refractivity contribution in [2.75, 3.05) is 13.2 Å². The number of ether oxygens (including phenoxy) is 1. The Balaban J connectivity index is 1.78. The zero-order chi connectivity index (χ0) is 15.4. The molecule has 1 aromatic heterocycles. The van der Waals surface area contributed by atoms with Gasteiger partial charge in [0, 0.05) is 36.7 Å². The fourth-order valence-electron chi connectivity index (χ4n) is 3.18. The Morgan fingerprint density at radius 1 is 1.32 bits per heavy atom. The Morgan fingerprint density at radius 2 is 2.14 bits per heavy atom. The molecule has 0 saturated carbocycles. The van der Waals surface area contributed by atoms with E-state index in [1.54, 1.807) is 0 Å². The molecule has 22 heavy (non-hydrogen) atoms. The van der Waals surface area contributed by atoms with Crippen LogP contribution in [0.15, 0.2) is 18.2 Å². The summed E-state index contributed by atoms with van der Waals surface area (Å²) in [6, 6.07) is 7.29. The van der Waals surface area contributed by atoms with Gasteiger partial charge in [-0.15, -0.1) is 0 Å². The van der Waals surface area contributed by atoms with E-state index < -0.39 is 0 Å². The minimum Gasteiger partial charge on any atom is -0.381 e. The number of H-pyrrole nitrogens is 1. The molecule has 1 aliphatic heterocycles. The van der Waals surface area contributed by atoms with Gasteiger partial charge in [0.1, 0.15) is 0 Å². The van der Waals surface area contributed by atoms with E-state index in [1.165, 1.54) is 22.0 Å². The maximum atomic E-state index is 5.40. The summed E-state index contributed by atoms with van der Waals surface area (Å²) in [6.07, 6.45) is 3.23. The fraction of sp³-hybridized carbons (Fsp3) is 0.474. The summed E-state index contributed by atoms with van der Waals surface area (Å²) < 4.78 is 5.40. The van der Waals surface area contributed by atoms with E-state index in [-0.39, 0.29) is 0 Å². The van der Waals surface area contributed by atoms with Crippen molar-refractivity contribution in [3.05, 3.63) is 35.0 Å². The summed E-state index contributed by atoms with van der Waals surface area (Å²) in [7, 11) is 0. The van der Waals surface area contributed by atoms with Crippen LogP contribution in [-0.2, 0) is 17.7 Å². The van der Waals surface area contributed by atoms with Gasteiger partial charge in [0.2, 0.25) is 0 Å². The number of hydrogen-bond donors (Lipinski definition) is 2. The lowest BCUT2D eigenvalue weighted by atomic mass is 10.1. The molecule has 1 saturated heterocycles. The van der Waals surface area contributed by atoms with E-state index in [0.29, 0.717) is 6.04 Å². The van der Waals surface area contributed by atoms with Gasteiger partial charge < -0.3 is 15.0 Å². The van der Waals surface area contributed by atoms with Crippen LogP contribution in [0.2, 0.25) is 0 Å². The molecule has 0 aliphatic carbocycles. The Bertz CT molecular complexity index is 699. The van der Waals surface area contributed by atoms with Crippen molar-refractivity contribution in [3.63, 3.8) is 0 Å². The Hall–Kier alpha value is -1.76. The van der Waals surface area contributed by atoms with E-state index in [4.69, 9.17) is 4.74 Å². The first-order valence-corrected chi connectivity index (χ1v) is 8.19. The van der Waals surface area contributed by atoms with Crippen molar-refractivity contribution in [1.29, 1.82) is 0 Å². The van der Waals surface area contributed by atoms with Crippen LogP contribution in [-0.4, -0.2) is 24.2 Å². The predicted molar refractivity (Wildman–Crippen MR) is 90.9 cm³/mol. The molecule has 1 aliphatic rings. The molecule has 116 valence electrons. The van der Waals surface area contributed by atoms with Crippen molar-refractivity contribution < 1.29 is 4.74 Å².